The molecule has 4 aromatic carbocycles. The number of hydrogen-bond acceptors (Lipinski definition) is 4. The molecule has 0 aromatic heterocycles. The van der Waals surface area contributed by atoms with E-state index < -0.39 is 5.60 Å². The van der Waals surface area contributed by atoms with E-state index in [1.807, 2.05) is 97.1 Å². The van der Waals surface area contributed by atoms with E-state index in [0.717, 1.165) is 16.9 Å². The first-order chi connectivity index (χ1) is 18.4. The van der Waals surface area contributed by atoms with Crippen molar-refractivity contribution in [2.24, 2.45) is 0 Å². The SMILES string of the molecule is CC(C)(Oc1ccc(CCOc2ccc(NC(=O)c3ccccc3)cc2)cc1)C(=O)NCc1ccccc1. The predicted octanol–water partition coefficient (Wildman–Crippen LogP) is 6.03. The van der Waals surface area contributed by atoms with Gasteiger partial charge in [0.25, 0.3) is 11.8 Å². The van der Waals surface area contributed by atoms with Crippen LogP contribution in [0, 0.1) is 0 Å². The highest BCUT2D eigenvalue weighted by Gasteiger charge is 2.29. The highest BCUT2D eigenvalue weighted by molar-refractivity contribution is 6.04. The molecule has 38 heavy (non-hydrogen) atoms. The third-order valence-corrected chi connectivity index (χ3v) is 5.95. The van der Waals surface area contributed by atoms with Gasteiger partial charge in [0.1, 0.15) is 11.5 Å². The largest absolute Gasteiger partial charge is 0.493 e. The van der Waals surface area contributed by atoms with Crippen molar-refractivity contribution < 1.29 is 19.1 Å². The maximum atomic E-state index is 12.7. The molecule has 0 heterocycles. The van der Waals surface area contributed by atoms with Gasteiger partial charge in [0, 0.05) is 24.2 Å². The molecule has 4 aromatic rings. The van der Waals surface area contributed by atoms with Crippen molar-refractivity contribution in [3.8, 4) is 11.5 Å². The summed E-state index contributed by atoms with van der Waals surface area (Å²) in [5, 5.41) is 5.81. The Morgan fingerprint density at radius 1 is 0.711 bits per heavy atom. The lowest BCUT2D eigenvalue weighted by atomic mass is 10.1. The fourth-order valence-electron chi connectivity index (χ4n) is 3.77. The molecule has 0 saturated carbocycles. The summed E-state index contributed by atoms with van der Waals surface area (Å²) >= 11 is 0. The number of carbonyl (C=O) groups excluding carboxylic acids is 2. The molecule has 2 N–H and O–H groups in total. The van der Waals surface area contributed by atoms with Crippen LogP contribution in [0.2, 0.25) is 0 Å². The van der Waals surface area contributed by atoms with Gasteiger partial charge in [-0.3, -0.25) is 9.59 Å². The van der Waals surface area contributed by atoms with Crippen molar-refractivity contribution >= 4 is 17.5 Å². The molecule has 0 aliphatic heterocycles. The molecule has 0 spiro atoms. The lowest BCUT2D eigenvalue weighted by Crippen LogP contribution is -2.46. The molecule has 194 valence electrons. The minimum absolute atomic E-state index is 0.150. The van der Waals surface area contributed by atoms with Gasteiger partial charge in [0.05, 0.1) is 6.61 Å². The van der Waals surface area contributed by atoms with Gasteiger partial charge in [-0.15, -0.1) is 0 Å². The van der Waals surface area contributed by atoms with Crippen molar-refractivity contribution in [2.45, 2.75) is 32.4 Å². The van der Waals surface area contributed by atoms with E-state index in [4.69, 9.17) is 9.47 Å². The molecule has 0 fully saturated rings. The summed E-state index contributed by atoms with van der Waals surface area (Å²) in [6, 6.07) is 33.9. The highest BCUT2D eigenvalue weighted by Crippen LogP contribution is 2.21. The van der Waals surface area contributed by atoms with Crippen molar-refractivity contribution in [1.82, 2.24) is 5.32 Å². The number of carbonyl (C=O) groups is 2. The first kappa shape index (κ1) is 26.5. The molecule has 2 amide bonds. The minimum Gasteiger partial charge on any atom is -0.493 e. The third kappa shape index (κ3) is 7.71. The molecule has 0 aliphatic carbocycles. The number of benzene rings is 4. The number of hydrogen-bond donors (Lipinski definition) is 2. The monoisotopic (exact) mass is 508 g/mol. The Morgan fingerprint density at radius 2 is 1.32 bits per heavy atom. The van der Waals surface area contributed by atoms with E-state index in [-0.39, 0.29) is 11.8 Å². The topological polar surface area (TPSA) is 76.7 Å². The molecule has 0 saturated heterocycles. The van der Waals surface area contributed by atoms with Gasteiger partial charge in [-0.05, 0) is 73.5 Å². The molecule has 0 unspecified atom stereocenters. The molecule has 0 atom stereocenters. The van der Waals surface area contributed by atoms with Crippen LogP contribution in [-0.4, -0.2) is 24.0 Å². The van der Waals surface area contributed by atoms with Crippen LogP contribution in [0.5, 0.6) is 11.5 Å². The van der Waals surface area contributed by atoms with Gasteiger partial charge in [-0.25, -0.2) is 0 Å². The summed E-state index contributed by atoms with van der Waals surface area (Å²) in [5.41, 5.74) is 2.44. The van der Waals surface area contributed by atoms with Crippen LogP contribution in [0.1, 0.15) is 35.3 Å². The smallest absolute Gasteiger partial charge is 0.263 e. The fraction of sp³-hybridized carbons (Fsp3) is 0.188. The second-order valence-electron chi connectivity index (χ2n) is 9.37. The second kappa shape index (κ2) is 12.6. The Labute approximate surface area is 223 Å². The summed E-state index contributed by atoms with van der Waals surface area (Å²) in [4.78, 5) is 24.9. The Morgan fingerprint density at radius 3 is 1.97 bits per heavy atom. The average molecular weight is 509 g/mol. The molecule has 0 bridgehead atoms. The van der Waals surface area contributed by atoms with Gasteiger partial charge in [0.2, 0.25) is 0 Å². The van der Waals surface area contributed by atoms with Crippen LogP contribution in [0.25, 0.3) is 0 Å². The predicted molar refractivity (Wildman–Crippen MR) is 149 cm³/mol. The number of anilines is 1. The van der Waals surface area contributed by atoms with Gasteiger partial charge in [0.15, 0.2) is 5.60 Å². The lowest BCUT2D eigenvalue weighted by Gasteiger charge is -2.25. The summed E-state index contributed by atoms with van der Waals surface area (Å²) in [6.45, 7) is 4.47. The summed E-state index contributed by atoms with van der Waals surface area (Å²) in [6.07, 6.45) is 0.716. The zero-order chi connectivity index (χ0) is 26.8. The van der Waals surface area contributed by atoms with Crippen LogP contribution >= 0.6 is 0 Å². The summed E-state index contributed by atoms with van der Waals surface area (Å²) in [5.74, 6) is 1.03. The number of ether oxygens (including phenoxy) is 2. The van der Waals surface area contributed by atoms with E-state index in [0.29, 0.717) is 36.6 Å². The lowest BCUT2D eigenvalue weighted by molar-refractivity contribution is -0.134. The standard InChI is InChI=1S/C32H32N2O4/c1-32(2,31(36)33-23-25-9-5-3-6-10-25)38-29-17-13-24(14-18-29)21-22-37-28-19-15-27(16-20-28)34-30(35)26-11-7-4-8-12-26/h3-20H,21-23H2,1-2H3,(H,33,36)(H,34,35). The van der Waals surface area contributed by atoms with Crippen LogP contribution in [0.15, 0.2) is 109 Å². The van der Waals surface area contributed by atoms with Crippen LogP contribution in [0.3, 0.4) is 0 Å². The maximum Gasteiger partial charge on any atom is 0.263 e. The molecule has 6 heteroatoms. The van der Waals surface area contributed by atoms with E-state index >= 15 is 0 Å². The maximum absolute atomic E-state index is 12.7. The minimum atomic E-state index is -1.01. The Kier molecular flexibility index (Phi) is 8.77. The van der Waals surface area contributed by atoms with Crippen LogP contribution in [0.4, 0.5) is 5.69 Å². The van der Waals surface area contributed by atoms with Gasteiger partial charge in [-0.2, -0.15) is 0 Å². The van der Waals surface area contributed by atoms with E-state index in [1.165, 1.54) is 0 Å². The van der Waals surface area contributed by atoms with Gasteiger partial charge < -0.3 is 20.1 Å². The summed E-state index contributed by atoms with van der Waals surface area (Å²) in [7, 11) is 0. The molecule has 0 radical (unpaired) electrons. The first-order valence-electron chi connectivity index (χ1n) is 12.6. The Hall–Kier alpha value is -4.58. The first-order valence-corrected chi connectivity index (χ1v) is 12.6. The zero-order valence-electron chi connectivity index (χ0n) is 21.6. The van der Waals surface area contributed by atoms with Crippen molar-refractivity contribution in [3.05, 3.63) is 126 Å². The van der Waals surface area contributed by atoms with E-state index in [1.54, 1.807) is 26.0 Å². The van der Waals surface area contributed by atoms with Crippen molar-refractivity contribution in [2.75, 3.05) is 11.9 Å². The van der Waals surface area contributed by atoms with Crippen LogP contribution in [-0.2, 0) is 17.8 Å². The second-order valence-corrected chi connectivity index (χ2v) is 9.37. The molecule has 4 rings (SSSR count). The third-order valence-electron chi connectivity index (χ3n) is 5.95. The molecular formula is C32H32N2O4. The van der Waals surface area contributed by atoms with Crippen molar-refractivity contribution in [1.29, 1.82) is 0 Å². The highest BCUT2D eigenvalue weighted by atomic mass is 16.5. The van der Waals surface area contributed by atoms with Crippen LogP contribution < -0.4 is 20.1 Å². The Balaban J connectivity index is 1.21. The molecule has 6 nitrogen and oxygen atoms in total. The zero-order valence-corrected chi connectivity index (χ0v) is 21.6. The van der Waals surface area contributed by atoms with Gasteiger partial charge >= 0.3 is 0 Å². The van der Waals surface area contributed by atoms with E-state index in [9.17, 15) is 9.59 Å². The average Bonchev–Trinajstić information content (AvgIpc) is 2.94. The number of amides is 2. The molecule has 0 aliphatic rings. The fourth-order valence-corrected chi connectivity index (χ4v) is 3.77. The quantitative estimate of drug-likeness (QED) is 0.259. The number of nitrogens with one attached hydrogen (secondary N) is 2. The van der Waals surface area contributed by atoms with Gasteiger partial charge in [-0.1, -0.05) is 60.7 Å². The normalized spacial score (nSPS) is 10.9. The van der Waals surface area contributed by atoms with Crippen molar-refractivity contribution in [3.63, 3.8) is 0 Å². The Bertz CT molecular complexity index is 1320. The van der Waals surface area contributed by atoms with E-state index in [2.05, 4.69) is 10.6 Å². The molecular weight excluding hydrogens is 476 g/mol. The number of rotatable bonds is 11. The summed E-state index contributed by atoms with van der Waals surface area (Å²) < 4.78 is 11.8.